The minimum atomic E-state index is -5.08. The molecular formula is C13H11F6N3O2S. The first-order valence-electron chi connectivity index (χ1n) is 6.53. The Morgan fingerprint density at radius 3 is 1.84 bits per heavy atom. The summed E-state index contributed by atoms with van der Waals surface area (Å²) in [4.78, 5) is -0.360. The molecule has 1 N–H and O–H groups in total. The molecule has 0 fully saturated rings. The Morgan fingerprint density at radius 1 is 1.00 bits per heavy atom. The second kappa shape index (κ2) is 5.93. The topological polar surface area (TPSA) is 64.0 Å². The summed E-state index contributed by atoms with van der Waals surface area (Å²) in [6.45, 7) is 1.38. The predicted octanol–water partition coefficient (Wildman–Crippen LogP) is 3.57. The Labute approximate surface area is 138 Å². The van der Waals surface area contributed by atoms with Crippen molar-refractivity contribution in [3.63, 3.8) is 0 Å². The van der Waals surface area contributed by atoms with Crippen molar-refractivity contribution in [3.8, 4) is 0 Å². The zero-order chi connectivity index (χ0) is 19.2. The quantitative estimate of drug-likeness (QED) is 0.819. The summed E-state index contributed by atoms with van der Waals surface area (Å²) in [7, 11) is -2.98. The van der Waals surface area contributed by atoms with Crippen LogP contribution in [0.2, 0.25) is 0 Å². The van der Waals surface area contributed by atoms with Gasteiger partial charge in [0.05, 0.1) is 28.7 Å². The van der Waals surface area contributed by atoms with Crippen LogP contribution in [0.5, 0.6) is 0 Å². The Kier molecular flexibility index (Phi) is 4.53. The van der Waals surface area contributed by atoms with Crippen LogP contribution in [0.4, 0.5) is 32.0 Å². The number of anilines is 1. The number of halogens is 6. The number of benzene rings is 1. The molecule has 12 heteroatoms. The maximum absolute atomic E-state index is 12.8. The van der Waals surface area contributed by atoms with E-state index in [1.807, 2.05) is 0 Å². The zero-order valence-electron chi connectivity index (χ0n) is 12.7. The van der Waals surface area contributed by atoms with Crippen LogP contribution in [0, 0.1) is 6.92 Å². The summed E-state index contributed by atoms with van der Waals surface area (Å²) >= 11 is 0. The number of alkyl halides is 6. The fraction of sp³-hybridized carbons (Fsp3) is 0.308. The number of nitrogens with one attached hydrogen (secondary N) is 1. The van der Waals surface area contributed by atoms with E-state index < -0.39 is 39.2 Å². The fourth-order valence-electron chi connectivity index (χ4n) is 1.97. The maximum atomic E-state index is 12.8. The van der Waals surface area contributed by atoms with E-state index in [-0.39, 0.29) is 16.7 Å². The third kappa shape index (κ3) is 4.06. The number of aromatic nitrogens is 2. The summed E-state index contributed by atoms with van der Waals surface area (Å²) in [5.74, 6) is 0. The van der Waals surface area contributed by atoms with Crippen LogP contribution in [0.15, 0.2) is 29.3 Å². The van der Waals surface area contributed by atoms with Crippen molar-refractivity contribution < 1.29 is 34.8 Å². The molecule has 138 valence electrons. The zero-order valence-corrected chi connectivity index (χ0v) is 13.5. The number of aryl methyl sites for hydroxylation is 1. The van der Waals surface area contributed by atoms with Crippen LogP contribution in [-0.2, 0) is 29.4 Å². The van der Waals surface area contributed by atoms with E-state index in [0.29, 0.717) is 12.1 Å². The van der Waals surface area contributed by atoms with Gasteiger partial charge in [0.2, 0.25) is 0 Å². The van der Waals surface area contributed by atoms with Crippen LogP contribution in [0.3, 0.4) is 0 Å². The molecule has 5 nitrogen and oxygen atoms in total. The Morgan fingerprint density at radius 2 is 1.48 bits per heavy atom. The standard InChI is InChI=1S/C13H11F6N3O2S/c1-7-11(6-20-22(7)2)25(23,24)21-10-4-8(12(14,15)16)3-9(5-10)13(17,18)19/h3-6,21H,1-2H3. The molecule has 25 heavy (non-hydrogen) atoms. The molecule has 0 amide bonds. The first-order chi connectivity index (χ1) is 11.2. The first-order valence-corrected chi connectivity index (χ1v) is 8.01. The molecule has 0 spiro atoms. The third-order valence-corrected chi connectivity index (χ3v) is 4.80. The van der Waals surface area contributed by atoms with E-state index in [1.165, 1.54) is 18.7 Å². The van der Waals surface area contributed by atoms with Crippen LogP contribution < -0.4 is 4.72 Å². The second-order valence-electron chi connectivity index (χ2n) is 5.12. The lowest BCUT2D eigenvalue weighted by Crippen LogP contribution is -2.17. The molecular weight excluding hydrogens is 376 g/mol. The molecule has 0 saturated carbocycles. The van der Waals surface area contributed by atoms with Crippen molar-refractivity contribution in [1.29, 1.82) is 0 Å². The highest BCUT2D eigenvalue weighted by atomic mass is 32.2. The van der Waals surface area contributed by atoms with Gasteiger partial charge >= 0.3 is 12.4 Å². The maximum Gasteiger partial charge on any atom is 0.416 e. The van der Waals surface area contributed by atoms with Gasteiger partial charge < -0.3 is 0 Å². The van der Waals surface area contributed by atoms with E-state index in [9.17, 15) is 34.8 Å². The van der Waals surface area contributed by atoms with Gasteiger partial charge in [0, 0.05) is 7.05 Å². The van der Waals surface area contributed by atoms with E-state index in [0.717, 1.165) is 6.20 Å². The molecule has 2 aromatic rings. The van der Waals surface area contributed by atoms with Gasteiger partial charge in [-0.2, -0.15) is 31.4 Å². The summed E-state index contributed by atoms with van der Waals surface area (Å²) in [5.41, 5.74) is -3.94. The normalized spacial score (nSPS) is 13.1. The molecule has 2 rings (SSSR count). The van der Waals surface area contributed by atoms with Crippen LogP contribution >= 0.6 is 0 Å². The molecule has 1 aromatic heterocycles. The average molecular weight is 387 g/mol. The van der Waals surface area contributed by atoms with Crippen molar-refractivity contribution in [1.82, 2.24) is 9.78 Å². The molecule has 0 bridgehead atoms. The van der Waals surface area contributed by atoms with Gasteiger partial charge in [0.1, 0.15) is 4.90 Å². The van der Waals surface area contributed by atoms with Gasteiger partial charge in [0.25, 0.3) is 10.0 Å². The fourth-order valence-corrected chi connectivity index (χ4v) is 3.21. The van der Waals surface area contributed by atoms with E-state index in [1.54, 1.807) is 4.72 Å². The molecule has 0 unspecified atom stereocenters. The minimum Gasteiger partial charge on any atom is -0.279 e. The monoisotopic (exact) mass is 387 g/mol. The van der Waals surface area contributed by atoms with Crippen LogP contribution in [0.1, 0.15) is 16.8 Å². The van der Waals surface area contributed by atoms with Crippen molar-refractivity contribution >= 4 is 15.7 Å². The Hall–Kier alpha value is -2.24. The van der Waals surface area contributed by atoms with Crippen molar-refractivity contribution in [2.45, 2.75) is 24.2 Å². The lowest BCUT2D eigenvalue weighted by atomic mass is 10.1. The number of hydrogen-bond donors (Lipinski definition) is 1. The van der Waals surface area contributed by atoms with Gasteiger partial charge in [-0.3, -0.25) is 9.40 Å². The van der Waals surface area contributed by atoms with Gasteiger partial charge in [-0.15, -0.1) is 0 Å². The summed E-state index contributed by atoms with van der Waals surface area (Å²) in [6.07, 6.45) is -9.21. The minimum absolute atomic E-state index is 0.0902. The van der Waals surface area contributed by atoms with Gasteiger partial charge in [-0.05, 0) is 25.1 Å². The van der Waals surface area contributed by atoms with Crippen LogP contribution in [-0.4, -0.2) is 18.2 Å². The van der Waals surface area contributed by atoms with E-state index >= 15 is 0 Å². The first kappa shape index (κ1) is 19.1. The summed E-state index contributed by atoms with van der Waals surface area (Å²) in [6, 6.07) is 0.490. The third-order valence-electron chi connectivity index (χ3n) is 3.32. The second-order valence-corrected chi connectivity index (χ2v) is 6.77. The van der Waals surface area contributed by atoms with Gasteiger partial charge in [-0.1, -0.05) is 0 Å². The molecule has 0 radical (unpaired) electrons. The molecule has 1 heterocycles. The molecule has 0 aliphatic heterocycles. The molecule has 0 saturated heterocycles. The van der Waals surface area contributed by atoms with E-state index in [4.69, 9.17) is 0 Å². The Bertz CT molecular complexity index is 867. The summed E-state index contributed by atoms with van der Waals surface area (Å²) in [5, 5.41) is 3.68. The highest BCUT2D eigenvalue weighted by molar-refractivity contribution is 7.92. The highest BCUT2D eigenvalue weighted by Gasteiger charge is 2.37. The van der Waals surface area contributed by atoms with Gasteiger partial charge in [0.15, 0.2) is 0 Å². The van der Waals surface area contributed by atoms with Crippen molar-refractivity contribution in [3.05, 3.63) is 41.2 Å². The van der Waals surface area contributed by atoms with Crippen molar-refractivity contribution in [2.75, 3.05) is 4.72 Å². The molecule has 1 aromatic carbocycles. The number of rotatable bonds is 3. The SMILES string of the molecule is Cc1c(S(=O)(=O)Nc2cc(C(F)(F)F)cc(C(F)(F)F)c2)cnn1C. The summed E-state index contributed by atoms with van der Waals surface area (Å²) < 4.78 is 104. The van der Waals surface area contributed by atoms with E-state index in [2.05, 4.69) is 5.10 Å². The van der Waals surface area contributed by atoms with Crippen LogP contribution in [0.25, 0.3) is 0 Å². The van der Waals surface area contributed by atoms with Crippen molar-refractivity contribution in [2.24, 2.45) is 7.05 Å². The van der Waals surface area contributed by atoms with Gasteiger partial charge in [-0.25, -0.2) is 8.42 Å². The molecule has 0 aliphatic rings. The Balaban J connectivity index is 2.54. The lowest BCUT2D eigenvalue weighted by Gasteiger charge is -2.15. The highest BCUT2D eigenvalue weighted by Crippen LogP contribution is 2.38. The lowest BCUT2D eigenvalue weighted by molar-refractivity contribution is -0.143. The predicted molar refractivity (Wildman–Crippen MR) is 75.2 cm³/mol. The molecule has 0 atom stereocenters. The largest absolute Gasteiger partial charge is 0.416 e. The average Bonchev–Trinajstić information content (AvgIpc) is 2.77. The molecule has 0 aliphatic carbocycles. The number of nitrogens with zero attached hydrogens (tertiary/aromatic N) is 2. The number of hydrogen-bond acceptors (Lipinski definition) is 3. The smallest absolute Gasteiger partial charge is 0.279 e. The number of sulfonamides is 1.